The Morgan fingerprint density at radius 2 is 1.57 bits per heavy atom. The van der Waals surface area contributed by atoms with Crippen LogP contribution in [0.3, 0.4) is 0 Å². The van der Waals surface area contributed by atoms with E-state index >= 15 is 0 Å². The molecular formula is C74H89N11O14S. The number of rotatable bonds is 30. The number of hydrogen-bond donors (Lipinski definition) is 6. The number of aromatic nitrogens is 4. The van der Waals surface area contributed by atoms with Crippen molar-refractivity contribution in [3.63, 3.8) is 0 Å². The predicted octanol–water partition coefficient (Wildman–Crippen LogP) is 10.1. The van der Waals surface area contributed by atoms with Crippen molar-refractivity contribution in [1.29, 1.82) is 0 Å². The molecule has 25 nitrogen and oxygen atoms in total. The van der Waals surface area contributed by atoms with E-state index in [0.29, 0.717) is 96.5 Å². The molecule has 0 saturated heterocycles. The first kappa shape index (κ1) is 73.0. The number of amides is 7. The van der Waals surface area contributed by atoms with Gasteiger partial charge < -0.3 is 45.4 Å². The standard InChI is InChI=1S/C74H89N11O14S/c1-44(2)64(80-60(87)19-10-9-13-29-84-61(88)26-27-62(84)89)57(86)33-46(4)66(92)76-50-22-20-48(21-23-50)39-98-71(97)78-56(34-63(90)91)68(94)82(8)31-32-99-74-36-45(3)35-72(6,41-74)40-73(7,42-74)43-85-47(5)53(37-75-85)51-24-25-59(79-65(51)69(95)96)83-30-28-49-15-14-16-52(54(49)38-83)67(93)81-70-77-55-17-11-12-18-58(55)100-70/h11-12,14-18,20-27,37,44-46,56,64H,9-10,13,19,28-36,38-43H2,1-8H3,(H,76,92)(H,78,97)(H,80,87)(H,90,91)(H,95,96)(H,77,81,93)/t45?,46-,56+,64+,72?,73?,74?/m1/s1. The van der Waals surface area contributed by atoms with Crippen molar-refractivity contribution in [2.75, 3.05) is 48.8 Å². The number of carbonyl (C=O) groups is 10. The zero-order chi connectivity index (χ0) is 71.8. The number of anilines is 3. The molecule has 3 aromatic carbocycles. The van der Waals surface area contributed by atoms with Gasteiger partial charge in [0.1, 0.15) is 18.5 Å². The van der Waals surface area contributed by atoms with E-state index < -0.39 is 59.9 Å². The molecule has 4 unspecified atom stereocenters. The highest BCUT2D eigenvalue weighted by molar-refractivity contribution is 7.22. The number of Topliss-reactive ketones (excluding diaryl/α,β-unsaturated/α-hetero) is 1. The van der Waals surface area contributed by atoms with Crippen LogP contribution in [0.2, 0.25) is 0 Å². The van der Waals surface area contributed by atoms with E-state index in [-0.39, 0.29) is 91.0 Å². The number of unbranched alkanes of at least 4 members (excludes halogenated alkanes) is 2. The molecule has 100 heavy (non-hydrogen) atoms. The molecule has 2 saturated carbocycles. The number of carboxylic acid groups (broad SMARTS) is 2. The number of likely N-dealkylation sites (N-methyl/N-ethyl adjacent to an activating group) is 1. The Morgan fingerprint density at radius 3 is 2.29 bits per heavy atom. The number of fused-ring (bicyclic) bond motifs is 4. The van der Waals surface area contributed by atoms with Crippen LogP contribution in [0.15, 0.2) is 97.2 Å². The quantitative estimate of drug-likeness (QED) is 0.0180. The summed E-state index contributed by atoms with van der Waals surface area (Å²) in [6.07, 6.45) is 8.80. The first-order chi connectivity index (χ1) is 47.6. The molecule has 10 rings (SSSR count). The molecule has 4 aliphatic rings. The number of ether oxygens (including phenoxy) is 2. The number of para-hydroxylation sites is 1. The largest absolute Gasteiger partial charge is 0.481 e. The lowest BCUT2D eigenvalue weighted by atomic mass is 9.51. The second-order valence-corrected chi connectivity index (χ2v) is 29.6. The van der Waals surface area contributed by atoms with Crippen molar-refractivity contribution >= 4 is 97.4 Å². The number of ketones is 1. The number of nitrogens with zero attached hydrogens (tertiary/aromatic N) is 7. The molecule has 2 bridgehead atoms. The molecule has 7 amide bonds. The fraction of sp³-hybridized carbons (Fsp3) is 0.473. The third-order valence-corrected chi connectivity index (χ3v) is 20.5. The molecule has 3 aromatic heterocycles. The molecule has 6 N–H and O–H groups in total. The molecule has 5 heterocycles. The van der Waals surface area contributed by atoms with Crippen LogP contribution < -0.4 is 26.2 Å². The monoisotopic (exact) mass is 1390 g/mol. The van der Waals surface area contributed by atoms with Crippen LogP contribution in [0.25, 0.3) is 21.3 Å². The highest BCUT2D eigenvalue weighted by Crippen LogP contribution is 2.60. The highest BCUT2D eigenvalue weighted by atomic mass is 32.1. The Balaban J connectivity index is 0.694. The Kier molecular flexibility index (Phi) is 22.8. The van der Waals surface area contributed by atoms with E-state index in [0.717, 1.165) is 57.6 Å². The first-order valence-corrected chi connectivity index (χ1v) is 35.0. The van der Waals surface area contributed by atoms with Crippen LogP contribution in [0.5, 0.6) is 0 Å². The van der Waals surface area contributed by atoms with Crippen molar-refractivity contribution < 1.29 is 67.6 Å². The van der Waals surface area contributed by atoms with Crippen LogP contribution >= 0.6 is 11.3 Å². The number of thiazole rings is 1. The molecule has 2 aliphatic heterocycles. The zero-order valence-corrected chi connectivity index (χ0v) is 58.7. The van der Waals surface area contributed by atoms with Gasteiger partial charge in [-0.2, -0.15) is 5.10 Å². The van der Waals surface area contributed by atoms with Gasteiger partial charge in [0.05, 0.1) is 41.1 Å². The number of aromatic carboxylic acids is 1. The average Bonchev–Trinajstić information content (AvgIpc) is 0.929. The van der Waals surface area contributed by atoms with Crippen LogP contribution in [0, 0.1) is 35.5 Å². The van der Waals surface area contributed by atoms with E-state index in [4.69, 9.17) is 19.6 Å². The number of carboxylic acids is 2. The fourth-order valence-electron chi connectivity index (χ4n) is 15.4. The predicted molar refractivity (Wildman–Crippen MR) is 375 cm³/mol. The van der Waals surface area contributed by atoms with E-state index in [9.17, 15) is 58.2 Å². The molecule has 0 spiro atoms. The maximum absolute atomic E-state index is 13.9. The first-order valence-electron chi connectivity index (χ1n) is 34.2. The topological polar surface area (TPSA) is 331 Å². The lowest BCUT2D eigenvalue weighted by Gasteiger charge is -2.58. The van der Waals surface area contributed by atoms with Gasteiger partial charge in [-0.25, -0.2) is 19.6 Å². The maximum atomic E-state index is 13.9. The average molecular weight is 1390 g/mol. The number of alkyl carbamates (subject to hydrolysis) is 1. The van der Waals surface area contributed by atoms with Crippen molar-refractivity contribution in [2.45, 2.75) is 163 Å². The summed E-state index contributed by atoms with van der Waals surface area (Å²) in [6, 6.07) is 21.1. The summed E-state index contributed by atoms with van der Waals surface area (Å²) >= 11 is 1.40. The van der Waals surface area contributed by atoms with Gasteiger partial charge in [-0.05, 0) is 140 Å². The second kappa shape index (κ2) is 31.2. The number of benzene rings is 3. The lowest BCUT2D eigenvalue weighted by molar-refractivity contribution is -0.180. The van der Waals surface area contributed by atoms with Gasteiger partial charge in [-0.1, -0.05) is 95.7 Å². The SMILES string of the molecule is Cc1c(-c2ccc(N3CCc4cccc(C(=O)Nc5nc6ccccc6s5)c4C3)nc2C(=O)O)cnn1CC1(C)CC2(C)CC(C)CC(OCCN(C)C(=O)[C@H](CC(=O)O)NC(=O)OCc3ccc(NC(=O)[C@H](C)CC(=O)[C@@H](NC(=O)CCCCCN4C(=O)C=CC4=O)C(C)C)cc3)(C2)C1. The Bertz CT molecular complexity index is 4100. The summed E-state index contributed by atoms with van der Waals surface area (Å²) < 4.78 is 15.3. The lowest BCUT2D eigenvalue weighted by Crippen LogP contribution is -2.55. The van der Waals surface area contributed by atoms with Crippen LogP contribution in [-0.2, 0) is 69.2 Å². The number of carbonyl (C=O) groups excluding carboxylic acids is 8. The second-order valence-electron chi connectivity index (χ2n) is 28.6. The van der Waals surface area contributed by atoms with Crippen LogP contribution in [0.1, 0.15) is 155 Å². The molecule has 2 aliphatic carbocycles. The van der Waals surface area contributed by atoms with Crippen molar-refractivity contribution in [3.05, 3.63) is 131 Å². The van der Waals surface area contributed by atoms with E-state index in [1.165, 1.54) is 35.4 Å². The minimum absolute atomic E-state index is 0.0939. The minimum Gasteiger partial charge on any atom is -0.481 e. The summed E-state index contributed by atoms with van der Waals surface area (Å²) in [7, 11) is 1.53. The van der Waals surface area contributed by atoms with Gasteiger partial charge in [0.15, 0.2) is 16.6 Å². The number of imide groups is 1. The third-order valence-electron chi connectivity index (χ3n) is 19.5. The van der Waals surface area contributed by atoms with Gasteiger partial charge in [-0.3, -0.25) is 53.3 Å². The summed E-state index contributed by atoms with van der Waals surface area (Å²) in [6.45, 7) is 15.6. The zero-order valence-electron chi connectivity index (χ0n) is 57.9. The normalized spacial score (nSPS) is 20.3. The fourth-order valence-corrected chi connectivity index (χ4v) is 16.3. The molecular weight excluding hydrogens is 1300 g/mol. The Labute approximate surface area is 584 Å². The maximum Gasteiger partial charge on any atom is 0.408 e. The molecule has 530 valence electrons. The van der Waals surface area contributed by atoms with Gasteiger partial charge in [0.25, 0.3) is 17.7 Å². The summed E-state index contributed by atoms with van der Waals surface area (Å²) in [5.74, 6) is -5.36. The van der Waals surface area contributed by atoms with Gasteiger partial charge in [-0.15, -0.1) is 0 Å². The van der Waals surface area contributed by atoms with Crippen LogP contribution in [0.4, 0.5) is 21.4 Å². The van der Waals surface area contributed by atoms with Gasteiger partial charge in [0.2, 0.25) is 17.7 Å². The Hall–Kier alpha value is -9.69. The number of nitrogens with one attached hydrogen (secondary N) is 4. The smallest absolute Gasteiger partial charge is 0.408 e. The van der Waals surface area contributed by atoms with Gasteiger partial charge >= 0.3 is 18.0 Å². The van der Waals surface area contributed by atoms with Crippen molar-refractivity contribution in [3.8, 4) is 11.1 Å². The molecule has 26 heteroatoms. The van der Waals surface area contributed by atoms with Crippen molar-refractivity contribution in [2.24, 2.45) is 28.6 Å². The number of hydrogen-bond acceptors (Lipinski definition) is 17. The number of aliphatic carboxylic acids is 1. The summed E-state index contributed by atoms with van der Waals surface area (Å²) in [5.41, 5.74) is 4.84. The highest BCUT2D eigenvalue weighted by Gasteiger charge is 2.56. The van der Waals surface area contributed by atoms with E-state index in [2.05, 4.69) is 47.0 Å². The molecule has 7 atom stereocenters. The van der Waals surface area contributed by atoms with Gasteiger partial charge in [0, 0.05) is 98.8 Å². The molecule has 0 radical (unpaired) electrons. The Morgan fingerprint density at radius 1 is 0.820 bits per heavy atom. The summed E-state index contributed by atoms with van der Waals surface area (Å²) in [4.78, 5) is 143. The third kappa shape index (κ3) is 17.8. The minimum atomic E-state index is -1.47. The van der Waals surface area contributed by atoms with Crippen molar-refractivity contribution in [1.82, 2.24) is 40.2 Å². The van der Waals surface area contributed by atoms with E-state index in [1.54, 1.807) is 63.4 Å². The molecule has 6 aromatic rings. The summed E-state index contributed by atoms with van der Waals surface area (Å²) in [5, 5.41) is 36.9. The molecule has 2 fully saturated rings. The number of pyridine rings is 1. The van der Waals surface area contributed by atoms with Crippen LogP contribution in [-0.4, -0.2) is 150 Å². The van der Waals surface area contributed by atoms with E-state index in [1.807, 2.05) is 59.0 Å².